The van der Waals surface area contributed by atoms with Crippen molar-refractivity contribution in [2.24, 2.45) is 0 Å². The molecule has 0 amide bonds. The van der Waals surface area contributed by atoms with Gasteiger partial charge in [-0.25, -0.2) is 4.79 Å². The van der Waals surface area contributed by atoms with Gasteiger partial charge in [-0.3, -0.25) is 0 Å². The highest BCUT2D eigenvalue weighted by molar-refractivity contribution is 6.36. The van der Waals surface area contributed by atoms with Gasteiger partial charge in [0.25, 0.3) is 0 Å². The summed E-state index contributed by atoms with van der Waals surface area (Å²) >= 11 is 6.23. The van der Waals surface area contributed by atoms with Crippen molar-refractivity contribution in [1.82, 2.24) is 5.16 Å². The summed E-state index contributed by atoms with van der Waals surface area (Å²) in [5, 5.41) is 14.0. The molecule has 0 radical (unpaired) electrons. The Morgan fingerprint density at radius 1 is 1.38 bits per heavy atom. The molecule has 112 valence electrons. The van der Waals surface area contributed by atoms with E-state index < -0.39 is 12.6 Å². The van der Waals surface area contributed by atoms with E-state index in [-0.39, 0.29) is 5.02 Å². The molecule has 0 unspecified atom stereocenters. The molecule has 1 fully saturated rings. The summed E-state index contributed by atoms with van der Waals surface area (Å²) in [5.41, 5.74) is 1.43. The number of rotatable bonds is 4. The van der Waals surface area contributed by atoms with Gasteiger partial charge in [-0.05, 0) is 25.0 Å². The summed E-state index contributed by atoms with van der Waals surface area (Å²) in [4.78, 5) is 10.6. The molecule has 5 nitrogen and oxygen atoms in total. The van der Waals surface area contributed by atoms with Gasteiger partial charge in [-0.1, -0.05) is 36.0 Å². The van der Waals surface area contributed by atoms with Gasteiger partial charge in [-0.2, -0.15) is 0 Å². The van der Waals surface area contributed by atoms with Crippen molar-refractivity contribution in [3.63, 3.8) is 0 Å². The number of fused-ring (bicyclic) bond motifs is 1. The first-order valence-electron chi connectivity index (χ1n) is 7.09. The number of carbonyl (C=O) groups is 1. The molecule has 21 heavy (non-hydrogen) atoms. The molecule has 1 N–H and O–H groups in total. The number of carboxylic acid groups (broad SMARTS) is 1. The second-order valence-corrected chi connectivity index (χ2v) is 5.72. The Bertz CT molecular complexity index is 661. The predicted octanol–water partition coefficient (Wildman–Crippen LogP) is 3.99. The van der Waals surface area contributed by atoms with E-state index >= 15 is 0 Å². The van der Waals surface area contributed by atoms with Crippen molar-refractivity contribution in [2.75, 3.05) is 6.61 Å². The van der Waals surface area contributed by atoms with Crippen LogP contribution in [-0.4, -0.2) is 22.8 Å². The third-order valence-electron chi connectivity index (χ3n) is 3.92. The van der Waals surface area contributed by atoms with Gasteiger partial charge in [-0.15, -0.1) is 0 Å². The van der Waals surface area contributed by atoms with E-state index in [4.69, 9.17) is 26.0 Å². The van der Waals surface area contributed by atoms with E-state index in [0.717, 1.165) is 23.9 Å². The smallest absolute Gasteiger partial charge is 0.341 e. The monoisotopic (exact) mass is 309 g/mol. The second kappa shape index (κ2) is 5.93. The molecule has 0 saturated heterocycles. The lowest BCUT2D eigenvalue weighted by Crippen LogP contribution is -2.09. The summed E-state index contributed by atoms with van der Waals surface area (Å²) in [6, 6.07) is 3.52. The Hall–Kier alpha value is -1.75. The van der Waals surface area contributed by atoms with Crippen LogP contribution in [-0.2, 0) is 4.79 Å². The number of carboxylic acids is 1. The molecule has 1 heterocycles. The minimum Gasteiger partial charge on any atom is -0.480 e. The predicted molar refractivity (Wildman–Crippen MR) is 78.0 cm³/mol. The number of ether oxygens (including phenoxy) is 1. The molecule has 1 aromatic heterocycles. The molecule has 1 aromatic carbocycles. The topological polar surface area (TPSA) is 72.6 Å². The van der Waals surface area contributed by atoms with Crippen LogP contribution in [0.5, 0.6) is 5.75 Å². The molecule has 0 atom stereocenters. The van der Waals surface area contributed by atoms with Crippen molar-refractivity contribution in [3.8, 4) is 5.75 Å². The largest absolute Gasteiger partial charge is 0.480 e. The van der Waals surface area contributed by atoms with E-state index in [1.165, 1.54) is 19.3 Å². The summed E-state index contributed by atoms with van der Waals surface area (Å²) in [6.07, 6.45) is 5.95. The lowest BCUT2D eigenvalue weighted by Gasteiger charge is -2.19. The standard InChI is InChI=1S/C15H16ClNO4/c16-13-11(20-8-12(18)19)7-6-10-14(17-21-15(10)13)9-4-2-1-3-5-9/h6-7,9H,1-5,8H2,(H,18,19). The zero-order valence-electron chi connectivity index (χ0n) is 11.5. The number of halogens is 1. The van der Waals surface area contributed by atoms with E-state index in [0.29, 0.717) is 17.3 Å². The maximum Gasteiger partial charge on any atom is 0.341 e. The molecule has 0 aliphatic heterocycles. The van der Waals surface area contributed by atoms with E-state index in [1.807, 2.05) is 6.07 Å². The third-order valence-corrected chi connectivity index (χ3v) is 4.27. The SMILES string of the molecule is O=C(O)COc1ccc2c(C3CCCCC3)noc2c1Cl. The molecular formula is C15H16ClNO4. The molecule has 0 bridgehead atoms. The van der Waals surface area contributed by atoms with Gasteiger partial charge in [0.05, 0.1) is 5.69 Å². The first-order chi connectivity index (χ1) is 10.2. The van der Waals surface area contributed by atoms with Crippen molar-refractivity contribution in [3.05, 3.63) is 22.8 Å². The zero-order chi connectivity index (χ0) is 14.8. The van der Waals surface area contributed by atoms with Crippen LogP contribution in [0.4, 0.5) is 0 Å². The molecule has 1 aliphatic carbocycles. The van der Waals surface area contributed by atoms with Crippen molar-refractivity contribution in [2.45, 2.75) is 38.0 Å². The van der Waals surface area contributed by atoms with Gasteiger partial charge in [0.1, 0.15) is 10.8 Å². The normalized spacial score (nSPS) is 16.2. The molecule has 1 saturated carbocycles. The molecule has 3 rings (SSSR count). The van der Waals surface area contributed by atoms with Crippen LogP contribution >= 0.6 is 11.6 Å². The molecular weight excluding hydrogens is 294 g/mol. The lowest BCUT2D eigenvalue weighted by molar-refractivity contribution is -0.139. The van der Waals surface area contributed by atoms with Gasteiger partial charge in [0.15, 0.2) is 12.2 Å². The summed E-state index contributed by atoms with van der Waals surface area (Å²) in [7, 11) is 0. The highest BCUT2D eigenvalue weighted by Gasteiger charge is 2.23. The summed E-state index contributed by atoms with van der Waals surface area (Å²) in [6.45, 7) is -0.436. The Morgan fingerprint density at radius 2 is 2.14 bits per heavy atom. The van der Waals surface area contributed by atoms with Gasteiger partial charge in [0, 0.05) is 11.3 Å². The zero-order valence-corrected chi connectivity index (χ0v) is 12.2. The Morgan fingerprint density at radius 3 is 2.86 bits per heavy atom. The Kier molecular flexibility index (Phi) is 4.01. The summed E-state index contributed by atoms with van der Waals surface area (Å²) in [5.74, 6) is -0.327. The lowest BCUT2D eigenvalue weighted by atomic mass is 9.86. The number of benzene rings is 1. The van der Waals surface area contributed by atoms with Crippen LogP contribution in [0.2, 0.25) is 5.02 Å². The van der Waals surface area contributed by atoms with Crippen LogP contribution in [0.25, 0.3) is 11.0 Å². The van der Waals surface area contributed by atoms with Crippen LogP contribution < -0.4 is 4.74 Å². The Labute approximate surface area is 126 Å². The third kappa shape index (κ3) is 2.83. The Balaban J connectivity index is 1.92. The average Bonchev–Trinajstić information content (AvgIpc) is 2.92. The van der Waals surface area contributed by atoms with Gasteiger partial charge < -0.3 is 14.4 Å². The molecule has 6 heteroatoms. The maximum atomic E-state index is 10.6. The maximum absolute atomic E-state index is 10.6. The first kappa shape index (κ1) is 14.2. The van der Waals surface area contributed by atoms with E-state index in [1.54, 1.807) is 6.07 Å². The number of hydrogen-bond acceptors (Lipinski definition) is 4. The van der Waals surface area contributed by atoms with Gasteiger partial charge in [0.2, 0.25) is 0 Å². The highest BCUT2D eigenvalue weighted by atomic mass is 35.5. The number of aromatic nitrogens is 1. The van der Waals surface area contributed by atoms with E-state index in [9.17, 15) is 4.79 Å². The number of hydrogen-bond donors (Lipinski definition) is 1. The second-order valence-electron chi connectivity index (χ2n) is 5.34. The molecule has 2 aromatic rings. The number of nitrogens with zero attached hydrogens (tertiary/aromatic N) is 1. The van der Waals surface area contributed by atoms with Crippen molar-refractivity contribution >= 4 is 28.5 Å². The van der Waals surface area contributed by atoms with Crippen LogP contribution in [0, 0.1) is 0 Å². The molecule has 1 aliphatic rings. The average molecular weight is 310 g/mol. The van der Waals surface area contributed by atoms with Crippen LogP contribution in [0.3, 0.4) is 0 Å². The number of aliphatic carboxylic acids is 1. The van der Waals surface area contributed by atoms with E-state index in [2.05, 4.69) is 5.16 Å². The minimum atomic E-state index is -1.05. The highest BCUT2D eigenvalue weighted by Crippen LogP contribution is 2.40. The minimum absolute atomic E-state index is 0.281. The summed E-state index contributed by atoms with van der Waals surface area (Å²) < 4.78 is 10.5. The fourth-order valence-electron chi connectivity index (χ4n) is 2.89. The fourth-order valence-corrected chi connectivity index (χ4v) is 3.15. The van der Waals surface area contributed by atoms with Crippen molar-refractivity contribution in [1.29, 1.82) is 0 Å². The van der Waals surface area contributed by atoms with Crippen molar-refractivity contribution < 1.29 is 19.2 Å². The fraction of sp³-hybridized carbons (Fsp3) is 0.467. The quantitative estimate of drug-likeness (QED) is 0.924. The molecule has 0 spiro atoms. The van der Waals surface area contributed by atoms with Gasteiger partial charge >= 0.3 is 5.97 Å². The van der Waals surface area contributed by atoms with Crippen LogP contribution in [0.1, 0.15) is 43.7 Å². The van der Waals surface area contributed by atoms with Crippen LogP contribution in [0.15, 0.2) is 16.7 Å². The first-order valence-corrected chi connectivity index (χ1v) is 7.47.